The number of amides is 1. The van der Waals surface area contributed by atoms with Gasteiger partial charge in [0.25, 0.3) is 5.91 Å². The lowest BCUT2D eigenvalue weighted by Gasteiger charge is -2.10. The minimum Gasteiger partial charge on any atom is -0.505 e. The van der Waals surface area contributed by atoms with Crippen molar-refractivity contribution in [1.82, 2.24) is 4.98 Å². The minimum atomic E-state index is -0.313. The summed E-state index contributed by atoms with van der Waals surface area (Å²) in [6.45, 7) is 5.41. The number of benzene rings is 1. The summed E-state index contributed by atoms with van der Waals surface area (Å²) >= 11 is 1.13. The number of aryl methyl sites for hydroxylation is 3. The Bertz CT molecular complexity index is 650. The first-order valence-electron chi connectivity index (χ1n) is 5.73. The SMILES string of the molecule is Cc1cc(C)c(O)c(NC(=O)c2sc(N)nc2C)c1. The van der Waals surface area contributed by atoms with Gasteiger partial charge in [-0.05, 0) is 38.0 Å². The van der Waals surface area contributed by atoms with E-state index in [0.717, 1.165) is 22.5 Å². The maximum absolute atomic E-state index is 12.1. The Morgan fingerprint density at radius 2 is 2.05 bits per heavy atom. The summed E-state index contributed by atoms with van der Waals surface area (Å²) in [6.07, 6.45) is 0. The molecule has 0 bridgehead atoms. The van der Waals surface area contributed by atoms with Crippen LogP contribution in [0.3, 0.4) is 0 Å². The van der Waals surface area contributed by atoms with Gasteiger partial charge in [-0.15, -0.1) is 0 Å². The molecule has 0 aliphatic rings. The molecule has 0 spiro atoms. The molecule has 0 aliphatic carbocycles. The monoisotopic (exact) mass is 277 g/mol. The minimum absolute atomic E-state index is 0.0779. The number of thiazole rings is 1. The van der Waals surface area contributed by atoms with Crippen molar-refractivity contribution in [3.8, 4) is 5.75 Å². The van der Waals surface area contributed by atoms with Gasteiger partial charge in [0, 0.05) is 0 Å². The number of carbonyl (C=O) groups excluding carboxylic acids is 1. The number of anilines is 2. The number of nitrogens with two attached hydrogens (primary N) is 1. The first-order chi connectivity index (χ1) is 8.88. The van der Waals surface area contributed by atoms with Crippen molar-refractivity contribution >= 4 is 28.1 Å². The summed E-state index contributed by atoms with van der Waals surface area (Å²) < 4.78 is 0. The molecule has 1 aromatic carbocycles. The molecule has 1 heterocycles. The zero-order chi connectivity index (χ0) is 14.2. The van der Waals surface area contributed by atoms with Crippen LogP contribution in [0, 0.1) is 20.8 Å². The quantitative estimate of drug-likeness (QED) is 0.736. The second-order valence-electron chi connectivity index (χ2n) is 4.40. The summed E-state index contributed by atoms with van der Waals surface area (Å²) in [4.78, 5) is 16.6. The molecule has 2 aromatic rings. The number of phenols is 1. The van der Waals surface area contributed by atoms with E-state index < -0.39 is 0 Å². The molecule has 5 nitrogen and oxygen atoms in total. The van der Waals surface area contributed by atoms with E-state index in [1.807, 2.05) is 13.0 Å². The maximum atomic E-state index is 12.1. The molecule has 0 saturated carbocycles. The summed E-state index contributed by atoms with van der Waals surface area (Å²) in [5.41, 5.74) is 8.23. The van der Waals surface area contributed by atoms with E-state index in [0.29, 0.717) is 21.4 Å². The van der Waals surface area contributed by atoms with Crippen molar-refractivity contribution < 1.29 is 9.90 Å². The van der Waals surface area contributed by atoms with E-state index in [1.54, 1.807) is 19.9 Å². The number of hydrogen-bond acceptors (Lipinski definition) is 5. The lowest BCUT2D eigenvalue weighted by molar-refractivity contribution is 0.102. The van der Waals surface area contributed by atoms with E-state index >= 15 is 0 Å². The van der Waals surface area contributed by atoms with E-state index in [2.05, 4.69) is 10.3 Å². The number of phenolic OH excluding ortho intramolecular Hbond substituents is 1. The molecule has 100 valence electrons. The number of aromatic hydroxyl groups is 1. The molecule has 0 atom stereocenters. The summed E-state index contributed by atoms with van der Waals surface area (Å²) in [5.74, 6) is -0.235. The Morgan fingerprint density at radius 3 is 2.63 bits per heavy atom. The van der Waals surface area contributed by atoms with E-state index in [4.69, 9.17) is 5.73 Å². The molecule has 1 aromatic heterocycles. The molecule has 1 amide bonds. The highest BCUT2D eigenvalue weighted by Crippen LogP contribution is 2.30. The van der Waals surface area contributed by atoms with Crippen LogP contribution < -0.4 is 11.1 Å². The molecule has 2 rings (SSSR count). The lowest BCUT2D eigenvalue weighted by atomic mass is 10.1. The third-order valence-electron chi connectivity index (χ3n) is 2.71. The molecule has 4 N–H and O–H groups in total. The van der Waals surface area contributed by atoms with Gasteiger partial charge in [0.05, 0.1) is 11.4 Å². The Morgan fingerprint density at radius 1 is 1.37 bits per heavy atom. The first-order valence-corrected chi connectivity index (χ1v) is 6.54. The first kappa shape index (κ1) is 13.4. The van der Waals surface area contributed by atoms with E-state index in [9.17, 15) is 9.90 Å². The normalized spacial score (nSPS) is 10.5. The van der Waals surface area contributed by atoms with Gasteiger partial charge < -0.3 is 16.2 Å². The standard InChI is InChI=1S/C13H15N3O2S/c1-6-4-7(2)10(17)9(5-6)16-12(18)11-8(3)15-13(14)19-11/h4-5,17H,1-3H3,(H2,14,15)(H,16,18). The number of hydrogen-bond donors (Lipinski definition) is 3. The van der Waals surface area contributed by atoms with Crippen LogP contribution in [0.4, 0.5) is 10.8 Å². The second-order valence-corrected chi connectivity index (χ2v) is 5.43. The molecule has 0 unspecified atom stereocenters. The fourth-order valence-corrected chi connectivity index (χ4v) is 2.59. The molecule has 0 radical (unpaired) electrons. The largest absolute Gasteiger partial charge is 0.505 e. The van der Waals surface area contributed by atoms with Crippen LogP contribution in [-0.4, -0.2) is 16.0 Å². The highest BCUT2D eigenvalue weighted by atomic mass is 32.1. The Balaban J connectivity index is 2.31. The lowest BCUT2D eigenvalue weighted by Crippen LogP contribution is -2.12. The Kier molecular flexibility index (Phi) is 3.44. The average Bonchev–Trinajstić information content (AvgIpc) is 2.64. The van der Waals surface area contributed by atoms with Gasteiger partial charge >= 0.3 is 0 Å². The molecule has 0 fully saturated rings. The summed E-state index contributed by atoms with van der Waals surface area (Å²) in [7, 11) is 0. The number of rotatable bonds is 2. The average molecular weight is 277 g/mol. The number of nitrogens with one attached hydrogen (secondary N) is 1. The Hall–Kier alpha value is -2.08. The molecular weight excluding hydrogens is 262 g/mol. The molecule has 6 heteroatoms. The number of nitrogen functional groups attached to an aromatic ring is 1. The highest BCUT2D eigenvalue weighted by molar-refractivity contribution is 7.17. The number of aromatic nitrogens is 1. The topological polar surface area (TPSA) is 88.2 Å². The fourth-order valence-electron chi connectivity index (χ4n) is 1.86. The predicted octanol–water partition coefficient (Wildman–Crippen LogP) is 2.61. The molecule has 0 saturated heterocycles. The van der Waals surface area contributed by atoms with Crippen molar-refractivity contribution in [2.75, 3.05) is 11.1 Å². The van der Waals surface area contributed by atoms with Crippen LogP contribution in [0.2, 0.25) is 0 Å². The second kappa shape index (κ2) is 4.89. The van der Waals surface area contributed by atoms with Gasteiger partial charge in [-0.25, -0.2) is 4.98 Å². The van der Waals surface area contributed by atoms with E-state index in [-0.39, 0.29) is 11.7 Å². The van der Waals surface area contributed by atoms with Gasteiger partial charge in [-0.1, -0.05) is 17.4 Å². The van der Waals surface area contributed by atoms with Crippen molar-refractivity contribution in [3.05, 3.63) is 33.8 Å². The van der Waals surface area contributed by atoms with Crippen LogP contribution in [-0.2, 0) is 0 Å². The molecule has 19 heavy (non-hydrogen) atoms. The summed E-state index contributed by atoms with van der Waals surface area (Å²) in [6, 6.07) is 3.57. The summed E-state index contributed by atoms with van der Waals surface area (Å²) in [5, 5.41) is 13.0. The predicted molar refractivity (Wildman–Crippen MR) is 76.8 cm³/mol. The molecular formula is C13H15N3O2S. The van der Waals surface area contributed by atoms with Crippen LogP contribution in [0.1, 0.15) is 26.5 Å². The van der Waals surface area contributed by atoms with Gasteiger partial charge in [0.1, 0.15) is 10.6 Å². The maximum Gasteiger partial charge on any atom is 0.267 e. The van der Waals surface area contributed by atoms with E-state index in [1.165, 1.54) is 0 Å². The molecule has 0 aliphatic heterocycles. The fraction of sp³-hybridized carbons (Fsp3) is 0.231. The van der Waals surface area contributed by atoms with Crippen molar-refractivity contribution in [2.45, 2.75) is 20.8 Å². The third-order valence-corrected chi connectivity index (χ3v) is 3.70. The zero-order valence-electron chi connectivity index (χ0n) is 10.9. The van der Waals surface area contributed by atoms with Gasteiger partial charge in [0.2, 0.25) is 0 Å². The number of nitrogens with zero attached hydrogens (tertiary/aromatic N) is 1. The van der Waals surface area contributed by atoms with Crippen molar-refractivity contribution in [3.63, 3.8) is 0 Å². The Labute approximate surface area is 115 Å². The van der Waals surface area contributed by atoms with Crippen LogP contribution >= 0.6 is 11.3 Å². The number of carbonyl (C=O) groups is 1. The van der Waals surface area contributed by atoms with Crippen LogP contribution in [0.25, 0.3) is 0 Å². The van der Waals surface area contributed by atoms with Crippen molar-refractivity contribution in [2.24, 2.45) is 0 Å². The highest BCUT2D eigenvalue weighted by Gasteiger charge is 2.16. The smallest absolute Gasteiger partial charge is 0.267 e. The van der Waals surface area contributed by atoms with Crippen LogP contribution in [0.15, 0.2) is 12.1 Å². The van der Waals surface area contributed by atoms with Crippen molar-refractivity contribution in [1.29, 1.82) is 0 Å². The van der Waals surface area contributed by atoms with Gasteiger partial charge in [-0.3, -0.25) is 4.79 Å². The zero-order valence-corrected chi connectivity index (χ0v) is 11.8. The third kappa shape index (κ3) is 2.68. The van der Waals surface area contributed by atoms with Gasteiger partial charge in [-0.2, -0.15) is 0 Å². The van der Waals surface area contributed by atoms with Gasteiger partial charge in [0.15, 0.2) is 5.13 Å². The van der Waals surface area contributed by atoms with Crippen LogP contribution in [0.5, 0.6) is 5.75 Å².